The minimum atomic E-state index is -0.163. The van der Waals surface area contributed by atoms with E-state index in [0.717, 1.165) is 44.7 Å². The number of nitrogens with zero attached hydrogens (tertiary/aromatic N) is 3. The number of fused-ring (bicyclic) bond motifs is 2. The molecule has 2 bridgehead atoms. The number of amides is 2. The number of rotatable bonds is 5. The number of hydrogen-bond donors (Lipinski definition) is 2. The van der Waals surface area contributed by atoms with Crippen molar-refractivity contribution in [2.45, 2.75) is 53.0 Å². The number of aromatic nitrogens is 2. The molecule has 2 aromatic rings. The molecule has 0 radical (unpaired) electrons. The molecule has 1 aliphatic heterocycles. The third kappa shape index (κ3) is 3.60. The molecular weight excluding hydrogens is 426 g/mol. The molecule has 2 aliphatic carbocycles. The highest BCUT2D eigenvalue weighted by Crippen LogP contribution is 2.67. The van der Waals surface area contributed by atoms with Crippen LogP contribution in [0.5, 0.6) is 0 Å². The standard InChI is InChI=1S/C27H37N5O2/c1-18-7-5-6-8-21(18)31-11-13-32(14-12-31)25(34)23-20-9-10-27(4,26(20,2)3)24(23)30-22(33)15-19-16-28-17-29-19/h5-8,16-17,20,23-24H,9-15H2,1-4H3,(H,28,29)(H,30,33)/t20?,23?,24?,27-/m0/s1. The van der Waals surface area contributed by atoms with E-state index in [-0.39, 0.29) is 46.9 Å². The van der Waals surface area contributed by atoms with E-state index < -0.39 is 0 Å². The van der Waals surface area contributed by atoms with Crippen LogP contribution in [-0.4, -0.2) is 58.9 Å². The lowest BCUT2D eigenvalue weighted by Gasteiger charge is -2.42. The highest BCUT2D eigenvalue weighted by atomic mass is 16.2. The Balaban J connectivity index is 1.32. The fourth-order valence-corrected chi connectivity index (χ4v) is 7.01. The van der Waals surface area contributed by atoms with Gasteiger partial charge in [-0.05, 0) is 48.1 Å². The zero-order chi connectivity index (χ0) is 24.1. The third-order valence-corrected chi connectivity index (χ3v) is 9.41. The molecule has 1 saturated heterocycles. The van der Waals surface area contributed by atoms with Gasteiger partial charge < -0.3 is 20.1 Å². The molecule has 3 unspecified atom stereocenters. The van der Waals surface area contributed by atoms with Crippen LogP contribution in [0.1, 0.15) is 44.9 Å². The first-order chi connectivity index (χ1) is 16.2. The fraction of sp³-hybridized carbons (Fsp3) is 0.593. The maximum absolute atomic E-state index is 14.0. The Hall–Kier alpha value is -2.83. The SMILES string of the molecule is Cc1ccccc1N1CCN(C(=O)C2C3CC[C@@](C)(C2NC(=O)Cc2cnc[nH]2)C3(C)C)CC1. The van der Waals surface area contributed by atoms with Crippen molar-refractivity contribution in [2.75, 3.05) is 31.1 Å². The Bertz CT molecular complexity index is 1060. The van der Waals surface area contributed by atoms with Gasteiger partial charge in [-0.1, -0.05) is 39.0 Å². The average molecular weight is 464 g/mol. The molecule has 7 heteroatoms. The molecule has 2 N–H and O–H groups in total. The van der Waals surface area contributed by atoms with Crippen molar-refractivity contribution in [2.24, 2.45) is 22.7 Å². The van der Waals surface area contributed by atoms with Crippen molar-refractivity contribution < 1.29 is 9.59 Å². The molecular formula is C27H37N5O2. The number of nitrogens with one attached hydrogen (secondary N) is 2. The summed E-state index contributed by atoms with van der Waals surface area (Å²) in [5, 5.41) is 3.31. The van der Waals surface area contributed by atoms with E-state index in [1.54, 1.807) is 12.5 Å². The Morgan fingerprint density at radius 3 is 2.56 bits per heavy atom. The van der Waals surface area contributed by atoms with E-state index in [0.29, 0.717) is 0 Å². The first-order valence-corrected chi connectivity index (χ1v) is 12.6. The molecule has 3 fully saturated rings. The highest BCUT2D eigenvalue weighted by molar-refractivity contribution is 5.84. The van der Waals surface area contributed by atoms with Gasteiger partial charge in [-0.3, -0.25) is 9.59 Å². The second-order valence-corrected chi connectivity index (χ2v) is 11.2. The predicted molar refractivity (Wildman–Crippen MR) is 132 cm³/mol. The monoisotopic (exact) mass is 463 g/mol. The normalized spacial score (nSPS) is 29.9. The lowest BCUT2D eigenvalue weighted by Crippen LogP contribution is -2.57. The summed E-state index contributed by atoms with van der Waals surface area (Å²) < 4.78 is 0. The minimum Gasteiger partial charge on any atom is -0.368 e. The summed E-state index contributed by atoms with van der Waals surface area (Å²) in [5.41, 5.74) is 3.23. The summed E-state index contributed by atoms with van der Waals surface area (Å²) in [7, 11) is 0. The van der Waals surface area contributed by atoms with Crippen molar-refractivity contribution in [1.82, 2.24) is 20.2 Å². The number of aryl methyl sites for hydroxylation is 1. The third-order valence-electron chi connectivity index (χ3n) is 9.41. The molecule has 2 saturated carbocycles. The minimum absolute atomic E-state index is 0.00222. The lowest BCUT2D eigenvalue weighted by molar-refractivity contribution is -0.139. The van der Waals surface area contributed by atoms with Gasteiger partial charge in [-0.25, -0.2) is 4.98 Å². The van der Waals surface area contributed by atoms with Crippen LogP contribution >= 0.6 is 0 Å². The Kier molecular flexibility index (Phi) is 5.69. The first-order valence-electron chi connectivity index (χ1n) is 12.6. The number of imidazole rings is 1. The van der Waals surface area contributed by atoms with Gasteiger partial charge in [-0.2, -0.15) is 0 Å². The van der Waals surface area contributed by atoms with Crippen molar-refractivity contribution in [3.63, 3.8) is 0 Å². The number of H-pyrrole nitrogens is 1. The summed E-state index contributed by atoms with van der Waals surface area (Å²) in [6, 6.07) is 8.31. The Morgan fingerprint density at radius 1 is 1.15 bits per heavy atom. The fourth-order valence-electron chi connectivity index (χ4n) is 7.01. The molecule has 5 rings (SSSR count). The molecule has 3 aliphatic rings. The predicted octanol–water partition coefficient (Wildman–Crippen LogP) is 3.17. The topological polar surface area (TPSA) is 81.3 Å². The number of aromatic amines is 1. The van der Waals surface area contributed by atoms with Gasteiger partial charge in [0, 0.05) is 49.8 Å². The number of para-hydroxylation sites is 1. The van der Waals surface area contributed by atoms with Crippen molar-refractivity contribution in [3.05, 3.63) is 48.0 Å². The summed E-state index contributed by atoms with van der Waals surface area (Å²) >= 11 is 0. The number of benzene rings is 1. The van der Waals surface area contributed by atoms with Gasteiger partial charge in [-0.15, -0.1) is 0 Å². The summed E-state index contributed by atoms with van der Waals surface area (Å²) in [4.78, 5) is 38.4. The van der Waals surface area contributed by atoms with E-state index >= 15 is 0 Å². The van der Waals surface area contributed by atoms with Gasteiger partial charge >= 0.3 is 0 Å². The van der Waals surface area contributed by atoms with Crippen LogP contribution in [-0.2, 0) is 16.0 Å². The molecule has 34 heavy (non-hydrogen) atoms. The average Bonchev–Trinajstić information content (AvgIpc) is 3.44. The van der Waals surface area contributed by atoms with Crippen LogP contribution in [0, 0.1) is 29.6 Å². The van der Waals surface area contributed by atoms with Crippen LogP contribution in [0.2, 0.25) is 0 Å². The number of anilines is 1. The van der Waals surface area contributed by atoms with Gasteiger partial charge in [0.15, 0.2) is 0 Å². The molecule has 2 amide bonds. The number of carbonyl (C=O) groups is 2. The van der Waals surface area contributed by atoms with Crippen molar-refractivity contribution in [3.8, 4) is 0 Å². The Labute approximate surface area is 202 Å². The Morgan fingerprint density at radius 2 is 1.88 bits per heavy atom. The summed E-state index contributed by atoms with van der Waals surface area (Å²) in [6.45, 7) is 12.1. The molecule has 1 aromatic heterocycles. The van der Waals surface area contributed by atoms with E-state index in [9.17, 15) is 9.59 Å². The van der Waals surface area contributed by atoms with E-state index in [1.165, 1.54) is 11.3 Å². The molecule has 2 heterocycles. The molecule has 0 spiro atoms. The van der Waals surface area contributed by atoms with E-state index in [1.807, 2.05) is 4.90 Å². The number of piperazine rings is 1. The maximum atomic E-state index is 14.0. The zero-order valence-corrected chi connectivity index (χ0v) is 20.8. The zero-order valence-electron chi connectivity index (χ0n) is 20.8. The lowest BCUT2D eigenvalue weighted by atomic mass is 9.69. The molecule has 7 nitrogen and oxygen atoms in total. The number of carbonyl (C=O) groups excluding carboxylic acids is 2. The second-order valence-electron chi connectivity index (χ2n) is 11.2. The molecule has 1 aromatic carbocycles. The van der Waals surface area contributed by atoms with Crippen LogP contribution in [0.25, 0.3) is 0 Å². The van der Waals surface area contributed by atoms with Gasteiger partial charge in [0.1, 0.15) is 0 Å². The largest absolute Gasteiger partial charge is 0.368 e. The summed E-state index contributed by atoms with van der Waals surface area (Å²) in [6.07, 6.45) is 5.63. The first kappa shape index (κ1) is 22.9. The second kappa shape index (κ2) is 8.43. The van der Waals surface area contributed by atoms with Crippen LogP contribution in [0.4, 0.5) is 5.69 Å². The van der Waals surface area contributed by atoms with Crippen molar-refractivity contribution in [1.29, 1.82) is 0 Å². The maximum Gasteiger partial charge on any atom is 0.228 e. The van der Waals surface area contributed by atoms with Crippen LogP contribution in [0.3, 0.4) is 0 Å². The van der Waals surface area contributed by atoms with Crippen LogP contribution < -0.4 is 10.2 Å². The van der Waals surface area contributed by atoms with Crippen molar-refractivity contribution >= 4 is 17.5 Å². The van der Waals surface area contributed by atoms with E-state index in [2.05, 4.69) is 72.1 Å². The molecule has 182 valence electrons. The number of hydrogen-bond acceptors (Lipinski definition) is 4. The van der Waals surface area contributed by atoms with Crippen LogP contribution in [0.15, 0.2) is 36.8 Å². The summed E-state index contributed by atoms with van der Waals surface area (Å²) in [5.74, 6) is 0.306. The van der Waals surface area contributed by atoms with E-state index in [4.69, 9.17) is 0 Å². The van der Waals surface area contributed by atoms with Gasteiger partial charge in [0.2, 0.25) is 11.8 Å². The highest BCUT2D eigenvalue weighted by Gasteiger charge is 2.68. The smallest absolute Gasteiger partial charge is 0.228 e. The quantitative estimate of drug-likeness (QED) is 0.714. The van der Waals surface area contributed by atoms with Gasteiger partial charge in [0.05, 0.1) is 18.7 Å². The van der Waals surface area contributed by atoms with Gasteiger partial charge in [0.25, 0.3) is 0 Å². The molecule has 4 atom stereocenters.